The van der Waals surface area contributed by atoms with Gasteiger partial charge < -0.3 is 4.74 Å². The van der Waals surface area contributed by atoms with Gasteiger partial charge in [-0.2, -0.15) is 0 Å². The van der Waals surface area contributed by atoms with Crippen molar-refractivity contribution in [2.24, 2.45) is 5.92 Å². The number of rotatable bonds is 5. The summed E-state index contributed by atoms with van der Waals surface area (Å²) in [5.74, 6) is 0.570. The Kier molecular flexibility index (Phi) is 5.09. The second-order valence-electron chi connectivity index (χ2n) is 6.83. The predicted molar refractivity (Wildman–Crippen MR) is 102 cm³/mol. The Balaban J connectivity index is 1.52. The Morgan fingerprint density at radius 1 is 1.33 bits per heavy atom. The van der Waals surface area contributed by atoms with Crippen LogP contribution in [0.25, 0.3) is 11.0 Å². The number of ketones is 1. The van der Waals surface area contributed by atoms with E-state index < -0.39 is 0 Å². The van der Waals surface area contributed by atoms with E-state index in [1.54, 1.807) is 25.3 Å². The molecular formula is C20H20ClN3O3. The molecule has 0 radical (unpaired) electrons. The number of nitrogens with zero attached hydrogens (tertiary/aromatic N) is 3. The molecule has 1 fully saturated rings. The molecule has 3 aromatic rings. The van der Waals surface area contributed by atoms with E-state index in [1.165, 1.54) is 0 Å². The van der Waals surface area contributed by atoms with Crippen molar-refractivity contribution in [3.63, 3.8) is 0 Å². The van der Waals surface area contributed by atoms with Crippen molar-refractivity contribution in [3.8, 4) is 5.75 Å². The van der Waals surface area contributed by atoms with Gasteiger partial charge in [0.15, 0.2) is 5.78 Å². The Morgan fingerprint density at radius 2 is 2.22 bits per heavy atom. The summed E-state index contributed by atoms with van der Waals surface area (Å²) in [5.41, 5.74) is 3.14. The van der Waals surface area contributed by atoms with Crippen molar-refractivity contribution in [3.05, 3.63) is 52.5 Å². The van der Waals surface area contributed by atoms with Crippen molar-refractivity contribution < 1.29 is 14.2 Å². The minimum absolute atomic E-state index is 0.0826. The van der Waals surface area contributed by atoms with E-state index in [4.69, 9.17) is 21.0 Å². The summed E-state index contributed by atoms with van der Waals surface area (Å²) in [7, 11) is 1.57. The van der Waals surface area contributed by atoms with Crippen LogP contribution in [0.4, 0.5) is 0 Å². The topological polar surface area (TPSA) is 68.5 Å². The number of carbonyl (C=O) groups is 1. The fourth-order valence-corrected chi connectivity index (χ4v) is 3.91. The van der Waals surface area contributed by atoms with E-state index in [1.807, 2.05) is 18.2 Å². The first-order valence-corrected chi connectivity index (χ1v) is 9.34. The highest BCUT2D eigenvalue weighted by atomic mass is 35.5. The summed E-state index contributed by atoms with van der Waals surface area (Å²) in [5, 5.41) is 8.44. The van der Waals surface area contributed by atoms with E-state index in [9.17, 15) is 4.79 Å². The van der Waals surface area contributed by atoms with E-state index in [-0.39, 0.29) is 11.7 Å². The van der Waals surface area contributed by atoms with Crippen molar-refractivity contribution in [1.82, 2.24) is 15.2 Å². The number of hydrogen-bond acceptors (Lipinski definition) is 6. The summed E-state index contributed by atoms with van der Waals surface area (Å²) < 4.78 is 10.2. The summed E-state index contributed by atoms with van der Waals surface area (Å²) in [6, 6.07) is 11.0. The molecule has 4 rings (SSSR count). The normalized spacial score (nSPS) is 17.9. The monoisotopic (exact) mass is 385 g/mol. The molecule has 0 N–H and O–H groups in total. The molecule has 1 aromatic heterocycles. The van der Waals surface area contributed by atoms with Gasteiger partial charge in [-0.05, 0) is 59.5 Å². The van der Waals surface area contributed by atoms with Crippen LogP contribution in [0.2, 0.25) is 5.02 Å². The summed E-state index contributed by atoms with van der Waals surface area (Å²) in [6.07, 6.45) is 1.83. The van der Waals surface area contributed by atoms with Gasteiger partial charge in [-0.25, -0.2) is 4.63 Å². The average molecular weight is 386 g/mol. The van der Waals surface area contributed by atoms with Crippen LogP contribution < -0.4 is 4.74 Å². The number of carbonyl (C=O) groups excluding carboxylic acids is 1. The lowest BCUT2D eigenvalue weighted by Gasteiger charge is -2.32. The zero-order valence-corrected chi connectivity index (χ0v) is 15.8. The molecule has 2 heterocycles. The standard InChI is InChI=1S/C20H20ClN3O3/c1-26-18-8-7-15(21)10-16(18)20(25)14-5-3-9-24(12-14)11-13-4-2-6-17-19(13)23-27-22-17/h2,4,6-8,10,14H,3,5,9,11-12H2,1H3/t14-/m0/s1. The van der Waals surface area contributed by atoms with Crippen molar-refractivity contribution in [2.75, 3.05) is 20.2 Å². The Hall–Kier alpha value is -2.44. The molecule has 6 nitrogen and oxygen atoms in total. The Bertz CT molecular complexity index is 972. The number of hydrogen-bond donors (Lipinski definition) is 0. The molecule has 0 bridgehead atoms. The minimum atomic E-state index is -0.0826. The predicted octanol–water partition coefficient (Wildman–Crippen LogP) is 3.98. The maximum absolute atomic E-state index is 13.1. The highest BCUT2D eigenvalue weighted by Crippen LogP contribution is 2.29. The molecule has 1 aliphatic rings. The van der Waals surface area contributed by atoms with Crippen molar-refractivity contribution in [2.45, 2.75) is 19.4 Å². The van der Waals surface area contributed by atoms with Crippen LogP contribution in [-0.2, 0) is 6.54 Å². The number of fused-ring (bicyclic) bond motifs is 1. The molecule has 0 amide bonds. The average Bonchev–Trinajstić information content (AvgIpc) is 3.17. The molecule has 0 aliphatic carbocycles. The number of likely N-dealkylation sites (tertiary alicyclic amines) is 1. The molecule has 0 spiro atoms. The van der Waals surface area contributed by atoms with Crippen LogP contribution in [0, 0.1) is 5.92 Å². The van der Waals surface area contributed by atoms with Gasteiger partial charge in [-0.1, -0.05) is 23.7 Å². The zero-order valence-electron chi connectivity index (χ0n) is 15.0. The van der Waals surface area contributed by atoms with Gasteiger partial charge >= 0.3 is 0 Å². The van der Waals surface area contributed by atoms with Gasteiger partial charge in [0.25, 0.3) is 0 Å². The van der Waals surface area contributed by atoms with Gasteiger partial charge in [0.05, 0.1) is 12.7 Å². The Labute approximate surface area is 162 Å². The molecule has 27 heavy (non-hydrogen) atoms. The first kappa shape index (κ1) is 17.9. The fourth-order valence-electron chi connectivity index (χ4n) is 3.74. The molecule has 0 unspecified atom stereocenters. The lowest BCUT2D eigenvalue weighted by molar-refractivity contribution is 0.0809. The Morgan fingerprint density at radius 3 is 3.07 bits per heavy atom. The number of piperidine rings is 1. The van der Waals surface area contributed by atoms with E-state index >= 15 is 0 Å². The maximum Gasteiger partial charge on any atom is 0.170 e. The quantitative estimate of drug-likeness (QED) is 0.619. The number of Topliss-reactive ketones (excluding diaryl/α,β-unsaturated/α-hetero) is 1. The third kappa shape index (κ3) is 3.68. The number of methoxy groups -OCH3 is 1. The van der Waals surface area contributed by atoms with Crippen molar-refractivity contribution in [1.29, 1.82) is 0 Å². The van der Waals surface area contributed by atoms with E-state index in [0.717, 1.165) is 36.0 Å². The summed E-state index contributed by atoms with van der Waals surface area (Å²) in [4.78, 5) is 15.4. The molecule has 2 aromatic carbocycles. The lowest BCUT2D eigenvalue weighted by atomic mass is 9.89. The van der Waals surface area contributed by atoms with Crippen LogP contribution >= 0.6 is 11.6 Å². The summed E-state index contributed by atoms with van der Waals surface area (Å²) in [6.45, 7) is 2.34. The highest BCUT2D eigenvalue weighted by molar-refractivity contribution is 6.31. The fraction of sp³-hybridized carbons (Fsp3) is 0.350. The van der Waals surface area contributed by atoms with Crippen LogP contribution in [0.3, 0.4) is 0 Å². The van der Waals surface area contributed by atoms with E-state index in [2.05, 4.69) is 15.2 Å². The highest BCUT2D eigenvalue weighted by Gasteiger charge is 2.29. The van der Waals surface area contributed by atoms with Gasteiger partial charge in [0, 0.05) is 24.0 Å². The molecular weight excluding hydrogens is 366 g/mol. The molecule has 140 valence electrons. The smallest absolute Gasteiger partial charge is 0.170 e. The first-order chi connectivity index (χ1) is 13.2. The van der Waals surface area contributed by atoms with Crippen LogP contribution in [-0.4, -0.2) is 41.2 Å². The molecule has 1 saturated heterocycles. The first-order valence-electron chi connectivity index (χ1n) is 8.96. The minimum Gasteiger partial charge on any atom is -0.496 e. The lowest BCUT2D eigenvalue weighted by Crippen LogP contribution is -2.38. The molecule has 7 heteroatoms. The molecule has 0 saturated carbocycles. The summed E-state index contributed by atoms with van der Waals surface area (Å²) >= 11 is 6.10. The van der Waals surface area contributed by atoms with Crippen molar-refractivity contribution >= 4 is 28.4 Å². The zero-order chi connectivity index (χ0) is 18.8. The SMILES string of the molecule is COc1ccc(Cl)cc1C(=O)[C@H]1CCCN(Cc2cccc3nonc23)C1. The second-order valence-corrected chi connectivity index (χ2v) is 7.27. The largest absolute Gasteiger partial charge is 0.496 e. The molecule has 1 atom stereocenters. The number of halogens is 1. The van der Waals surface area contributed by atoms with Crippen LogP contribution in [0.15, 0.2) is 41.0 Å². The van der Waals surface area contributed by atoms with Crippen LogP contribution in [0.5, 0.6) is 5.75 Å². The molecule has 1 aliphatic heterocycles. The number of aromatic nitrogens is 2. The van der Waals surface area contributed by atoms with Gasteiger partial charge in [-0.3, -0.25) is 9.69 Å². The van der Waals surface area contributed by atoms with Gasteiger partial charge in [-0.15, -0.1) is 0 Å². The van der Waals surface area contributed by atoms with Gasteiger partial charge in [0.2, 0.25) is 0 Å². The van der Waals surface area contributed by atoms with Gasteiger partial charge in [0.1, 0.15) is 16.8 Å². The third-order valence-corrected chi connectivity index (χ3v) is 5.30. The van der Waals surface area contributed by atoms with E-state index in [0.29, 0.717) is 29.4 Å². The number of benzene rings is 2. The number of ether oxygens (including phenoxy) is 1. The third-order valence-electron chi connectivity index (χ3n) is 5.07. The second kappa shape index (κ2) is 7.66. The maximum atomic E-state index is 13.1. The van der Waals surface area contributed by atoms with Crippen LogP contribution in [0.1, 0.15) is 28.8 Å².